The van der Waals surface area contributed by atoms with Crippen LogP contribution in [0.4, 0.5) is 4.79 Å². The third-order valence-electron chi connectivity index (χ3n) is 3.46. The van der Waals surface area contributed by atoms with Crippen LogP contribution in [-0.2, 0) is 16.4 Å². The van der Waals surface area contributed by atoms with Crippen molar-refractivity contribution in [2.75, 3.05) is 24.6 Å². The van der Waals surface area contributed by atoms with Gasteiger partial charge in [-0.2, -0.15) is 0 Å². The van der Waals surface area contributed by atoms with Crippen LogP contribution in [-0.4, -0.2) is 43.9 Å². The van der Waals surface area contributed by atoms with Crippen molar-refractivity contribution >= 4 is 15.9 Å². The van der Waals surface area contributed by atoms with Gasteiger partial charge in [-0.1, -0.05) is 0 Å². The molecule has 2 amide bonds. The van der Waals surface area contributed by atoms with Crippen LogP contribution in [0.1, 0.15) is 19.1 Å². The standard InChI is InChI=1S/C13H20N2O4S/c1-2-15(9-12-4-3-6-19-12)13(16)14-8-11-5-7-20(17,18)10-11/h3-4,6,11H,2,5,7-10H2,1H3,(H,14,16)/t11-/m1/s1. The first-order valence-electron chi connectivity index (χ1n) is 6.75. The fourth-order valence-electron chi connectivity index (χ4n) is 2.29. The Morgan fingerprint density at radius 2 is 2.35 bits per heavy atom. The molecule has 0 bridgehead atoms. The molecule has 1 aromatic rings. The second-order valence-electron chi connectivity index (χ2n) is 5.05. The van der Waals surface area contributed by atoms with Crippen LogP contribution in [0.25, 0.3) is 0 Å². The van der Waals surface area contributed by atoms with E-state index in [9.17, 15) is 13.2 Å². The second kappa shape index (κ2) is 6.30. The zero-order valence-electron chi connectivity index (χ0n) is 11.5. The number of nitrogens with zero attached hydrogens (tertiary/aromatic N) is 1. The van der Waals surface area contributed by atoms with Gasteiger partial charge in [0.1, 0.15) is 5.76 Å². The normalized spacial score (nSPS) is 20.8. The summed E-state index contributed by atoms with van der Waals surface area (Å²) in [6, 6.07) is 3.41. The summed E-state index contributed by atoms with van der Waals surface area (Å²) in [5.74, 6) is 1.17. The number of furan rings is 1. The lowest BCUT2D eigenvalue weighted by atomic mass is 10.1. The number of hydrogen-bond acceptors (Lipinski definition) is 4. The zero-order chi connectivity index (χ0) is 14.6. The summed E-state index contributed by atoms with van der Waals surface area (Å²) >= 11 is 0. The Hall–Kier alpha value is -1.50. The number of carbonyl (C=O) groups excluding carboxylic acids is 1. The van der Waals surface area contributed by atoms with Crippen LogP contribution in [0.2, 0.25) is 0 Å². The van der Waals surface area contributed by atoms with Gasteiger partial charge < -0.3 is 14.6 Å². The van der Waals surface area contributed by atoms with Gasteiger partial charge in [0.15, 0.2) is 9.84 Å². The lowest BCUT2D eigenvalue weighted by Crippen LogP contribution is -2.41. The van der Waals surface area contributed by atoms with Gasteiger partial charge in [0.25, 0.3) is 0 Å². The molecule has 1 aliphatic rings. The van der Waals surface area contributed by atoms with Crippen molar-refractivity contribution < 1.29 is 17.6 Å². The van der Waals surface area contributed by atoms with Gasteiger partial charge in [-0.3, -0.25) is 0 Å². The first kappa shape index (κ1) is 14.9. The topological polar surface area (TPSA) is 79.6 Å². The molecule has 2 rings (SSSR count). The number of amides is 2. The summed E-state index contributed by atoms with van der Waals surface area (Å²) in [5.41, 5.74) is 0. The van der Waals surface area contributed by atoms with Crippen molar-refractivity contribution in [2.45, 2.75) is 19.9 Å². The highest BCUT2D eigenvalue weighted by Crippen LogP contribution is 2.17. The van der Waals surface area contributed by atoms with E-state index in [1.54, 1.807) is 17.2 Å². The van der Waals surface area contributed by atoms with E-state index < -0.39 is 9.84 Å². The summed E-state index contributed by atoms with van der Waals surface area (Å²) in [5, 5.41) is 2.81. The van der Waals surface area contributed by atoms with Crippen molar-refractivity contribution in [3.05, 3.63) is 24.2 Å². The molecule has 1 aliphatic heterocycles. The van der Waals surface area contributed by atoms with E-state index in [2.05, 4.69) is 5.32 Å². The van der Waals surface area contributed by atoms with Crippen LogP contribution >= 0.6 is 0 Å². The predicted molar refractivity (Wildman–Crippen MR) is 75.0 cm³/mol. The van der Waals surface area contributed by atoms with Crippen molar-refractivity contribution in [3.63, 3.8) is 0 Å². The monoisotopic (exact) mass is 300 g/mol. The summed E-state index contributed by atoms with van der Waals surface area (Å²) in [6.07, 6.45) is 2.21. The van der Waals surface area contributed by atoms with Crippen LogP contribution in [0.3, 0.4) is 0 Å². The molecule has 1 saturated heterocycles. The van der Waals surface area contributed by atoms with Crippen molar-refractivity contribution in [3.8, 4) is 0 Å². The molecule has 1 atom stereocenters. The van der Waals surface area contributed by atoms with Gasteiger partial charge in [-0.25, -0.2) is 13.2 Å². The van der Waals surface area contributed by atoms with Crippen LogP contribution in [0.15, 0.2) is 22.8 Å². The van der Waals surface area contributed by atoms with Crippen molar-refractivity contribution in [1.29, 1.82) is 0 Å². The Kier molecular flexibility index (Phi) is 4.69. The van der Waals surface area contributed by atoms with Gasteiger partial charge in [0, 0.05) is 13.1 Å². The zero-order valence-corrected chi connectivity index (χ0v) is 12.4. The average molecular weight is 300 g/mol. The lowest BCUT2D eigenvalue weighted by molar-refractivity contribution is 0.192. The molecule has 6 nitrogen and oxygen atoms in total. The Morgan fingerprint density at radius 3 is 2.90 bits per heavy atom. The fraction of sp³-hybridized carbons (Fsp3) is 0.615. The Bertz CT molecular complexity index is 539. The molecule has 0 unspecified atom stereocenters. The highest BCUT2D eigenvalue weighted by atomic mass is 32.2. The molecule has 2 heterocycles. The summed E-state index contributed by atoms with van der Waals surface area (Å²) in [4.78, 5) is 13.7. The molecule has 0 aliphatic carbocycles. The predicted octanol–water partition coefficient (Wildman–Crippen LogP) is 1.25. The molecular weight excluding hydrogens is 280 g/mol. The Balaban J connectivity index is 1.81. The molecule has 0 spiro atoms. The maximum absolute atomic E-state index is 12.0. The van der Waals surface area contributed by atoms with Crippen LogP contribution < -0.4 is 5.32 Å². The largest absolute Gasteiger partial charge is 0.467 e. The minimum atomic E-state index is -2.89. The summed E-state index contributed by atoms with van der Waals surface area (Å²) in [7, 11) is -2.89. The molecule has 1 N–H and O–H groups in total. The van der Waals surface area contributed by atoms with E-state index in [1.807, 2.05) is 13.0 Å². The Morgan fingerprint density at radius 1 is 1.55 bits per heavy atom. The first-order chi connectivity index (χ1) is 9.50. The van der Waals surface area contributed by atoms with Gasteiger partial charge in [-0.05, 0) is 31.4 Å². The number of nitrogens with one attached hydrogen (secondary N) is 1. The van der Waals surface area contributed by atoms with Crippen molar-refractivity contribution in [1.82, 2.24) is 10.2 Å². The summed E-state index contributed by atoms with van der Waals surface area (Å²) in [6.45, 7) is 3.28. The molecule has 1 fully saturated rings. The highest BCUT2D eigenvalue weighted by molar-refractivity contribution is 7.91. The molecule has 0 aromatic carbocycles. The van der Waals surface area contributed by atoms with E-state index in [1.165, 1.54) is 0 Å². The molecular formula is C13H20N2O4S. The third kappa shape index (κ3) is 4.00. The van der Waals surface area contributed by atoms with Gasteiger partial charge >= 0.3 is 6.03 Å². The first-order valence-corrected chi connectivity index (χ1v) is 8.58. The molecule has 1 aromatic heterocycles. The summed E-state index contributed by atoms with van der Waals surface area (Å²) < 4.78 is 27.9. The van der Waals surface area contributed by atoms with E-state index in [0.717, 1.165) is 5.76 Å². The number of urea groups is 1. The fourth-order valence-corrected chi connectivity index (χ4v) is 4.16. The third-order valence-corrected chi connectivity index (χ3v) is 5.30. The number of hydrogen-bond donors (Lipinski definition) is 1. The molecule has 20 heavy (non-hydrogen) atoms. The van der Waals surface area contributed by atoms with Crippen LogP contribution in [0, 0.1) is 5.92 Å². The van der Waals surface area contributed by atoms with Gasteiger partial charge in [-0.15, -0.1) is 0 Å². The number of sulfone groups is 1. The maximum atomic E-state index is 12.0. The Labute approximate surface area is 119 Å². The van der Waals surface area contributed by atoms with E-state index in [0.29, 0.717) is 26.1 Å². The number of carbonyl (C=O) groups is 1. The van der Waals surface area contributed by atoms with Crippen LogP contribution in [0.5, 0.6) is 0 Å². The molecule has 7 heteroatoms. The lowest BCUT2D eigenvalue weighted by Gasteiger charge is -2.21. The number of rotatable bonds is 5. The van der Waals surface area contributed by atoms with E-state index in [-0.39, 0.29) is 23.5 Å². The average Bonchev–Trinajstić information content (AvgIpc) is 3.02. The van der Waals surface area contributed by atoms with Crippen molar-refractivity contribution in [2.24, 2.45) is 5.92 Å². The highest BCUT2D eigenvalue weighted by Gasteiger charge is 2.28. The smallest absolute Gasteiger partial charge is 0.317 e. The molecule has 0 saturated carbocycles. The van der Waals surface area contributed by atoms with Gasteiger partial charge in [0.05, 0.1) is 24.3 Å². The quantitative estimate of drug-likeness (QED) is 0.887. The molecule has 0 radical (unpaired) electrons. The molecule has 112 valence electrons. The maximum Gasteiger partial charge on any atom is 0.317 e. The minimum absolute atomic E-state index is 0.0336. The van der Waals surface area contributed by atoms with Gasteiger partial charge in [0.2, 0.25) is 0 Å². The SMILES string of the molecule is CCN(Cc1ccco1)C(=O)NC[C@H]1CCS(=O)(=O)C1. The van der Waals surface area contributed by atoms with E-state index >= 15 is 0 Å². The second-order valence-corrected chi connectivity index (χ2v) is 7.28. The van der Waals surface area contributed by atoms with E-state index in [4.69, 9.17) is 4.42 Å². The minimum Gasteiger partial charge on any atom is -0.467 e.